The Kier molecular flexibility index (Phi) is 10.3. The first-order valence-electron chi connectivity index (χ1n) is 15.9. The van der Waals surface area contributed by atoms with E-state index in [4.69, 9.17) is 26.1 Å². The van der Waals surface area contributed by atoms with Crippen LogP contribution in [0.4, 0.5) is 10.1 Å². The quantitative estimate of drug-likeness (QED) is 0.147. The SMILES string of the molecule is COc1ccc(CCNC(=O)c2ccccc2NC(=O)COC(=O)c2c3c(nc4ccccc24)/C(=C/c2c(F)cccc2Cl)CCC3)cc1. The minimum Gasteiger partial charge on any atom is -0.497 e. The van der Waals surface area contributed by atoms with E-state index in [1.165, 1.54) is 6.07 Å². The molecule has 0 saturated carbocycles. The van der Waals surface area contributed by atoms with Gasteiger partial charge in [0.2, 0.25) is 0 Å². The number of nitrogens with zero attached hydrogens (tertiary/aromatic N) is 1. The zero-order valence-corrected chi connectivity index (χ0v) is 27.5. The Bertz CT molecular complexity index is 2060. The molecule has 4 aromatic carbocycles. The topological polar surface area (TPSA) is 107 Å². The van der Waals surface area contributed by atoms with Gasteiger partial charge in [-0.1, -0.05) is 60.1 Å². The van der Waals surface area contributed by atoms with E-state index in [-0.39, 0.29) is 22.1 Å². The molecule has 49 heavy (non-hydrogen) atoms. The van der Waals surface area contributed by atoms with Gasteiger partial charge in [0, 0.05) is 17.5 Å². The van der Waals surface area contributed by atoms with Crippen molar-refractivity contribution in [3.8, 4) is 5.75 Å². The number of fused-ring (bicyclic) bond motifs is 2. The maximum atomic E-state index is 14.7. The van der Waals surface area contributed by atoms with Gasteiger partial charge in [0.1, 0.15) is 11.6 Å². The van der Waals surface area contributed by atoms with Crippen LogP contribution in [0.5, 0.6) is 5.75 Å². The van der Waals surface area contributed by atoms with Crippen molar-refractivity contribution < 1.29 is 28.2 Å². The first kappa shape index (κ1) is 33.4. The fourth-order valence-corrected chi connectivity index (χ4v) is 6.14. The molecule has 0 spiro atoms. The molecule has 6 rings (SSSR count). The lowest BCUT2D eigenvalue weighted by Gasteiger charge is -2.22. The highest BCUT2D eigenvalue weighted by molar-refractivity contribution is 6.32. The van der Waals surface area contributed by atoms with Crippen LogP contribution in [0.15, 0.2) is 91.0 Å². The molecule has 1 aliphatic rings. The molecule has 0 aliphatic heterocycles. The highest BCUT2D eigenvalue weighted by Gasteiger charge is 2.27. The summed E-state index contributed by atoms with van der Waals surface area (Å²) in [7, 11) is 1.60. The van der Waals surface area contributed by atoms with Crippen LogP contribution in [-0.2, 0) is 22.4 Å². The summed E-state index contributed by atoms with van der Waals surface area (Å²) in [6.07, 6.45) is 4.17. The largest absolute Gasteiger partial charge is 0.497 e. The number of ether oxygens (including phenoxy) is 2. The molecule has 5 aromatic rings. The number of para-hydroxylation sites is 2. The number of allylic oxidation sites excluding steroid dienone is 1. The number of amides is 2. The second-order valence-corrected chi connectivity index (χ2v) is 11.9. The van der Waals surface area contributed by atoms with Crippen molar-refractivity contribution in [3.63, 3.8) is 0 Å². The van der Waals surface area contributed by atoms with Gasteiger partial charge in [-0.25, -0.2) is 14.2 Å². The van der Waals surface area contributed by atoms with Gasteiger partial charge >= 0.3 is 5.97 Å². The van der Waals surface area contributed by atoms with E-state index in [0.717, 1.165) is 16.9 Å². The van der Waals surface area contributed by atoms with Gasteiger partial charge in [-0.3, -0.25) is 9.59 Å². The number of rotatable bonds is 10. The van der Waals surface area contributed by atoms with E-state index < -0.39 is 24.3 Å². The molecular weight excluding hydrogens is 645 g/mol. The van der Waals surface area contributed by atoms with Crippen LogP contribution in [0.3, 0.4) is 0 Å². The molecule has 8 nitrogen and oxygen atoms in total. The fraction of sp³-hybridized carbons (Fsp3) is 0.179. The molecule has 248 valence electrons. The average Bonchev–Trinajstić information content (AvgIpc) is 3.11. The number of carbonyl (C=O) groups is 3. The Morgan fingerprint density at radius 2 is 1.71 bits per heavy atom. The molecule has 0 fully saturated rings. The van der Waals surface area contributed by atoms with Gasteiger partial charge in [0.25, 0.3) is 11.8 Å². The molecular formula is C39H33ClFN3O5. The number of halogens is 2. The Hall–Kier alpha value is -5.54. The van der Waals surface area contributed by atoms with Gasteiger partial charge in [0.05, 0.1) is 40.2 Å². The zero-order chi connectivity index (χ0) is 34.3. The highest BCUT2D eigenvalue weighted by atomic mass is 35.5. The average molecular weight is 678 g/mol. The van der Waals surface area contributed by atoms with Crippen LogP contribution >= 0.6 is 11.6 Å². The molecule has 1 aliphatic carbocycles. The molecule has 1 aromatic heterocycles. The van der Waals surface area contributed by atoms with E-state index >= 15 is 0 Å². The highest BCUT2D eigenvalue weighted by Crippen LogP contribution is 2.37. The first-order chi connectivity index (χ1) is 23.8. The number of benzene rings is 4. The van der Waals surface area contributed by atoms with Crippen LogP contribution in [0, 0.1) is 5.82 Å². The van der Waals surface area contributed by atoms with Crippen LogP contribution in [-0.4, -0.2) is 43.0 Å². The third-order valence-corrected chi connectivity index (χ3v) is 8.66. The van der Waals surface area contributed by atoms with Crippen molar-refractivity contribution in [1.29, 1.82) is 0 Å². The maximum absolute atomic E-state index is 14.7. The standard InChI is InChI=1S/C39H33ClFN3O5/c1-48-26-18-16-24(17-19-26)20-21-42-38(46)28-10-3-5-15-34(28)43-35(45)23-49-39(47)36-27-9-2-4-14-33(27)44-37-25(8-6-11-29(36)37)22-30-31(40)12-7-13-32(30)41/h2-5,7,9-10,12-19,22H,6,8,11,20-21,23H2,1H3,(H,42,46)(H,43,45)/b25-22+. The van der Waals surface area contributed by atoms with E-state index in [0.29, 0.717) is 65.6 Å². The Balaban J connectivity index is 1.16. The number of hydrogen-bond donors (Lipinski definition) is 2. The van der Waals surface area contributed by atoms with Gasteiger partial charge in [-0.15, -0.1) is 0 Å². The Morgan fingerprint density at radius 3 is 2.51 bits per heavy atom. The van der Waals surface area contributed by atoms with Crippen molar-refractivity contribution in [2.24, 2.45) is 0 Å². The molecule has 10 heteroatoms. The Labute approximate surface area is 287 Å². The monoisotopic (exact) mass is 677 g/mol. The zero-order valence-electron chi connectivity index (χ0n) is 26.7. The number of hydrogen-bond acceptors (Lipinski definition) is 6. The molecule has 0 bridgehead atoms. The van der Waals surface area contributed by atoms with Crippen LogP contribution < -0.4 is 15.4 Å². The predicted molar refractivity (Wildman–Crippen MR) is 188 cm³/mol. The van der Waals surface area contributed by atoms with Gasteiger partial charge in [-0.05, 0) is 90.9 Å². The minimum atomic E-state index is -0.681. The second kappa shape index (κ2) is 15.1. The maximum Gasteiger partial charge on any atom is 0.339 e. The van der Waals surface area contributed by atoms with Crippen molar-refractivity contribution in [2.75, 3.05) is 25.6 Å². The smallest absolute Gasteiger partial charge is 0.339 e. The van der Waals surface area contributed by atoms with E-state index in [1.54, 1.807) is 67.8 Å². The number of anilines is 1. The third kappa shape index (κ3) is 7.63. The molecule has 2 N–H and O–H groups in total. The number of pyridine rings is 1. The number of methoxy groups -OCH3 is 1. The Morgan fingerprint density at radius 1 is 0.939 bits per heavy atom. The lowest BCUT2D eigenvalue weighted by molar-refractivity contribution is -0.119. The van der Waals surface area contributed by atoms with Gasteiger partial charge < -0.3 is 20.1 Å². The van der Waals surface area contributed by atoms with Gasteiger partial charge in [-0.2, -0.15) is 0 Å². The molecule has 2 amide bonds. The number of nitrogens with one attached hydrogen (secondary N) is 2. The summed E-state index contributed by atoms with van der Waals surface area (Å²) in [5.41, 5.74) is 4.75. The lowest BCUT2D eigenvalue weighted by Crippen LogP contribution is -2.28. The molecule has 0 unspecified atom stereocenters. The van der Waals surface area contributed by atoms with Crippen LogP contribution in [0.25, 0.3) is 22.6 Å². The molecule has 0 saturated heterocycles. The van der Waals surface area contributed by atoms with E-state index in [1.807, 2.05) is 30.3 Å². The van der Waals surface area contributed by atoms with E-state index in [2.05, 4.69) is 10.6 Å². The number of esters is 1. The normalized spacial score (nSPS) is 13.1. The molecule has 1 heterocycles. The van der Waals surface area contributed by atoms with Crippen molar-refractivity contribution in [2.45, 2.75) is 25.7 Å². The van der Waals surface area contributed by atoms with Gasteiger partial charge in [0.15, 0.2) is 6.61 Å². The number of aromatic nitrogens is 1. The minimum absolute atomic E-state index is 0.258. The summed E-state index contributed by atoms with van der Waals surface area (Å²) in [5.74, 6) is -1.33. The summed E-state index contributed by atoms with van der Waals surface area (Å²) < 4.78 is 25.5. The van der Waals surface area contributed by atoms with Crippen molar-refractivity contribution >= 4 is 57.6 Å². The third-order valence-electron chi connectivity index (χ3n) is 8.33. The predicted octanol–water partition coefficient (Wildman–Crippen LogP) is 7.68. The van der Waals surface area contributed by atoms with Crippen molar-refractivity contribution in [1.82, 2.24) is 10.3 Å². The summed E-state index contributed by atoms with van der Waals surface area (Å²) >= 11 is 6.32. The number of carbonyl (C=O) groups excluding carboxylic acids is 3. The fourth-order valence-electron chi connectivity index (χ4n) is 5.92. The van der Waals surface area contributed by atoms with Crippen LogP contribution in [0.2, 0.25) is 5.02 Å². The summed E-state index contributed by atoms with van der Waals surface area (Å²) in [5, 5.41) is 6.46. The van der Waals surface area contributed by atoms with E-state index in [9.17, 15) is 18.8 Å². The lowest BCUT2D eigenvalue weighted by atomic mass is 9.86. The first-order valence-corrected chi connectivity index (χ1v) is 16.2. The van der Waals surface area contributed by atoms with Crippen molar-refractivity contribution in [3.05, 3.63) is 135 Å². The van der Waals surface area contributed by atoms with Crippen LogP contribution in [0.1, 0.15) is 55.9 Å². The summed E-state index contributed by atoms with van der Waals surface area (Å²) in [6, 6.07) is 25.9. The second-order valence-electron chi connectivity index (χ2n) is 11.5. The molecule has 0 radical (unpaired) electrons. The summed E-state index contributed by atoms with van der Waals surface area (Å²) in [4.78, 5) is 44.6. The molecule has 0 atom stereocenters. The summed E-state index contributed by atoms with van der Waals surface area (Å²) in [6.45, 7) is -0.190.